The molecule has 3 N–H and O–H groups in total. The predicted molar refractivity (Wildman–Crippen MR) is 117 cm³/mol. The Hall–Kier alpha value is -3.39. The number of ketones is 1. The molecule has 2 aromatic carbocycles. The molecule has 164 valence electrons. The first kappa shape index (κ1) is 22.3. The lowest BCUT2D eigenvalue weighted by Gasteiger charge is -2.33. The van der Waals surface area contributed by atoms with Crippen LogP contribution in [0.4, 0.5) is 5.69 Å². The highest BCUT2D eigenvalue weighted by Crippen LogP contribution is 2.14. The Labute approximate surface area is 182 Å². The van der Waals surface area contributed by atoms with Gasteiger partial charge in [-0.3, -0.25) is 25.2 Å². The van der Waals surface area contributed by atoms with Crippen molar-refractivity contribution in [2.75, 3.05) is 44.2 Å². The van der Waals surface area contributed by atoms with Gasteiger partial charge in [0.1, 0.15) is 5.75 Å². The Morgan fingerprint density at radius 1 is 0.968 bits per heavy atom. The first-order valence-corrected chi connectivity index (χ1v) is 10.5. The molecular weight excluding hydrogens is 396 g/mol. The summed E-state index contributed by atoms with van der Waals surface area (Å²) in [5.74, 6) is -0.353. The SMILES string of the molecule is CC(=O)c1cccc(OCC(=O)NNC(=O)CC[NH+]2CCN(c3ccccc3)CC2)c1. The first-order chi connectivity index (χ1) is 15.0. The van der Waals surface area contributed by atoms with Crippen molar-refractivity contribution >= 4 is 23.3 Å². The van der Waals surface area contributed by atoms with Gasteiger partial charge < -0.3 is 14.5 Å². The molecule has 0 unspecified atom stereocenters. The van der Waals surface area contributed by atoms with E-state index < -0.39 is 5.91 Å². The van der Waals surface area contributed by atoms with Crippen molar-refractivity contribution < 1.29 is 24.0 Å². The number of benzene rings is 2. The molecule has 0 aromatic heterocycles. The molecule has 2 aromatic rings. The maximum Gasteiger partial charge on any atom is 0.276 e. The summed E-state index contributed by atoms with van der Waals surface area (Å²) in [6.07, 6.45) is 0.336. The zero-order valence-corrected chi connectivity index (χ0v) is 17.7. The van der Waals surface area contributed by atoms with Crippen molar-refractivity contribution in [2.45, 2.75) is 13.3 Å². The highest BCUT2D eigenvalue weighted by molar-refractivity contribution is 5.94. The molecule has 1 aliphatic rings. The van der Waals surface area contributed by atoms with Crippen LogP contribution in [0.2, 0.25) is 0 Å². The van der Waals surface area contributed by atoms with Crippen molar-refractivity contribution in [1.82, 2.24) is 10.9 Å². The summed E-state index contributed by atoms with van der Waals surface area (Å²) in [7, 11) is 0. The summed E-state index contributed by atoms with van der Waals surface area (Å²) in [4.78, 5) is 39.0. The van der Waals surface area contributed by atoms with Crippen molar-refractivity contribution in [1.29, 1.82) is 0 Å². The number of hydrogen-bond acceptors (Lipinski definition) is 5. The summed E-state index contributed by atoms with van der Waals surface area (Å²) < 4.78 is 5.37. The number of rotatable bonds is 8. The second-order valence-electron chi connectivity index (χ2n) is 7.54. The minimum atomic E-state index is -0.467. The lowest BCUT2D eigenvalue weighted by Crippen LogP contribution is -3.15. The van der Waals surface area contributed by atoms with Crippen LogP contribution in [0.5, 0.6) is 5.75 Å². The summed E-state index contributed by atoms with van der Waals surface area (Å²) in [5.41, 5.74) is 6.53. The van der Waals surface area contributed by atoms with Crippen LogP contribution < -0.4 is 25.4 Å². The molecule has 8 heteroatoms. The van der Waals surface area contributed by atoms with Crippen LogP contribution >= 0.6 is 0 Å². The molecule has 1 aliphatic heterocycles. The van der Waals surface area contributed by atoms with Gasteiger partial charge in [-0.2, -0.15) is 0 Å². The number of nitrogens with zero attached hydrogens (tertiary/aromatic N) is 1. The van der Waals surface area contributed by atoms with Gasteiger partial charge in [-0.1, -0.05) is 30.3 Å². The van der Waals surface area contributed by atoms with E-state index in [4.69, 9.17) is 4.74 Å². The van der Waals surface area contributed by atoms with Gasteiger partial charge >= 0.3 is 0 Å². The molecule has 1 fully saturated rings. The molecule has 2 amide bonds. The number of hydrazine groups is 1. The Morgan fingerprint density at radius 3 is 2.39 bits per heavy atom. The number of Topliss-reactive ketones (excluding diaryl/α,β-unsaturated/α-hetero) is 1. The largest absolute Gasteiger partial charge is 0.484 e. The molecule has 0 radical (unpaired) electrons. The molecule has 0 atom stereocenters. The second kappa shape index (κ2) is 11.1. The van der Waals surface area contributed by atoms with Gasteiger partial charge in [0.05, 0.1) is 39.1 Å². The first-order valence-electron chi connectivity index (χ1n) is 10.5. The summed E-state index contributed by atoms with van der Waals surface area (Å²) in [6.45, 7) is 5.79. The molecule has 3 rings (SSSR count). The summed E-state index contributed by atoms with van der Waals surface area (Å²) in [5, 5.41) is 0. The number of nitrogens with one attached hydrogen (secondary N) is 3. The van der Waals surface area contributed by atoms with Crippen molar-refractivity contribution in [3.8, 4) is 5.75 Å². The summed E-state index contributed by atoms with van der Waals surface area (Å²) >= 11 is 0. The van der Waals surface area contributed by atoms with E-state index in [2.05, 4.69) is 27.9 Å². The Morgan fingerprint density at radius 2 is 1.68 bits per heavy atom. The van der Waals surface area contributed by atoms with Gasteiger partial charge in [0.15, 0.2) is 12.4 Å². The van der Waals surface area contributed by atoms with E-state index in [9.17, 15) is 14.4 Å². The van der Waals surface area contributed by atoms with E-state index in [0.29, 0.717) is 17.7 Å². The number of ether oxygens (including phenoxy) is 1. The van der Waals surface area contributed by atoms with Gasteiger partial charge in [-0.25, -0.2) is 0 Å². The lowest BCUT2D eigenvalue weighted by atomic mass is 10.1. The van der Waals surface area contributed by atoms with E-state index >= 15 is 0 Å². The monoisotopic (exact) mass is 425 g/mol. The normalized spacial score (nSPS) is 14.0. The average molecular weight is 426 g/mol. The van der Waals surface area contributed by atoms with Gasteiger partial charge in [0, 0.05) is 11.3 Å². The number of piperazine rings is 1. The van der Waals surface area contributed by atoms with Crippen LogP contribution in [-0.2, 0) is 9.59 Å². The minimum absolute atomic E-state index is 0.0780. The molecule has 0 aliphatic carbocycles. The Bertz CT molecular complexity index is 895. The second-order valence-corrected chi connectivity index (χ2v) is 7.54. The molecule has 1 heterocycles. The van der Waals surface area contributed by atoms with Crippen LogP contribution in [0.1, 0.15) is 23.7 Å². The fraction of sp³-hybridized carbons (Fsp3) is 0.348. The highest BCUT2D eigenvalue weighted by atomic mass is 16.5. The maximum absolute atomic E-state index is 12.0. The van der Waals surface area contributed by atoms with E-state index in [1.807, 2.05) is 18.2 Å². The number of hydrogen-bond donors (Lipinski definition) is 3. The van der Waals surface area contributed by atoms with E-state index in [0.717, 1.165) is 32.7 Å². The Balaban J connectivity index is 1.30. The van der Waals surface area contributed by atoms with E-state index in [-0.39, 0.29) is 18.3 Å². The van der Waals surface area contributed by atoms with Crippen molar-refractivity contribution in [3.63, 3.8) is 0 Å². The van der Waals surface area contributed by atoms with Crippen molar-refractivity contribution in [2.24, 2.45) is 0 Å². The van der Waals surface area contributed by atoms with Gasteiger partial charge in [-0.15, -0.1) is 0 Å². The summed E-state index contributed by atoms with van der Waals surface area (Å²) in [6, 6.07) is 16.9. The van der Waals surface area contributed by atoms with Crippen LogP contribution in [0.15, 0.2) is 54.6 Å². The van der Waals surface area contributed by atoms with Crippen LogP contribution in [0.25, 0.3) is 0 Å². The maximum atomic E-state index is 12.0. The van der Waals surface area contributed by atoms with Gasteiger partial charge in [-0.05, 0) is 31.2 Å². The fourth-order valence-corrected chi connectivity index (χ4v) is 3.45. The number of amides is 2. The van der Waals surface area contributed by atoms with Gasteiger partial charge in [0.25, 0.3) is 5.91 Å². The molecule has 0 spiro atoms. The minimum Gasteiger partial charge on any atom is -0.484 e. The third-order valence-corrected chi connectivity index (χ3v) is 5.25. The van der Waals surface area contributed by atoms with Crippen LogP contribution in [-0.4, -0.2) is 56.9 Å². The number of quaternary nitrogens is 1. The number of carbonyl (C=O) groups is 3. The molecule has 31 heavy (non-hydrogen) atoms. The topological polar surface area (TPSA) is 92.2 Å². The van der Waals surface area contributed by atoms with Crippen LogP contribution in [0, 0.1) is 0 Å². The molecule has 8 nitrogen and oxygen atoms in total. The third-order valence-electron chi connectivity index (χ3n) is 5.25. The lowest BCUT2D eigenvalue weighted by molar-refractivity contribution is -0.900. The molecule has 0 saturated carbocycles. The van der Waals surface area contributed by atoms with Gasteiger partial charge in [0.2, 0.25) is 5.91 Å². The molecule has 1 saturated heterocycles. The zero-order chi connectivity index (χ0) is 22.1. The Kier molecular flexibility index (Phi) is 8.00. The number of carbonyl (C=O) groups excluding carboxylic acids is 3. The standard InChI is InChI=1S/C23H28N4O4/c1-18(28)19-6-5-9-21(16-19)31-17-23(30)25-24-22(29)10-11-26-12-14-27(15-13-26)20-7-3-2-4-8-20/h2-9,16H,10-15,17H2,1H3,(H,24,29)(H,25,30)/p+1. The van der Waals surface area contributed by atoms with E-state index in [1.54, 1.807) is 24.3 Å². The molecule has 0 bridgehead atoms. The number of anilines is 1. The quantitative estimate of drug-likeness (QED) is 0.416. The van der Waals surface area contributed by atoms with Crippen LogP contribution in [0.3, 0.4) is 0 Å². The highest BCUT2D eigenvalue weighted by Gasteiger charge is 2.20. The smallest absolute Gasteiger partial charge is 0.276 e. The molecular formula is C23H29N4O4+. The number of para-hydroxylation sites is 1. The average Bonchev–Trinajstić information content (AvgIpc) is 2.81. The zero-order valence-electron chi connectivity index (χ0n) is 17.7. The predicted octanol–water partition coefficient (Wildman–Crippen LogP) is 0.211. The third kappa shape index (κ3) is 7.11. The van der Waals surface area contributed by atoms with Crippen molar-refractivity contribution in [3.05, 3.63) is 60.2 Å². The fourth-order valence-electron chi connectivity index (χ4n) is 3.45. The van der Waals surface area contributed by atoms with E-state index in [1.165, 1.54) is 17.5 Å².